The Balaban J connectivity index is 1.53. The third-order valence-electron chi connectivity index (χ3n) is 4.22. The average molecular weight is 400 g/mol. The fourth-order valence-electron chi connectivity index (χ4n) is 2.68. The predicted molar refractivity (Wildman–Crippen MR) is 112 cm³/mol. The number of carbonyl (C=O) groups is 2. The summed E-state index contributed by atoms with van der Waals surface area (Å²) in [5.41, 5.74) is 2.56. The minimum Gasteiger partial charge on any atom is -0.449 e. The van der Waals surface area contributed by atoms with E-state index in [1.54, 1.807) is 41.2 Å². The molecule has 0 radical (unpaired) electrons. The molecule has 1 amide bonds. The number of hydrogen-bond donors (Lipinski definition) is 1. The molecule has 3 rings (SSSR count). The smallest absolute Gasteiger partial charge is 0.331 e. The molecule has 3 aromatic rings. The molecule has 0 bridgehead atoms. The van der Waals surface area contributed by atoms with Crippen LogP contribution in [0.25, 0.3) is 6.08 Å². The summed E-state index contributed by atoms with van der Waals surface area (Å²) in [5.74, 6) is -1.17. The summed E-state index contributed by atoms with van der Waals surface area (Å²) in [4.78, 5) is 24.3. The molecule has 1 atom stereocenters. The SMILES string of the molecule is C[C@H](OC(=O)/C=C/c1cnn(Cc2ccccc2)c1)C(=O)Nc1ccccc1C#N. The van der Waals surface area contributed by atoms with Gasteiger partial charge in [0, 0.05) is 17.8 Å². The lowest BCUT2D eigenvalue weighted by Gasteiger charge is -2.13. The zero-order chi connectivity index (χ0) is 21.3. The monoisotopic (exact) mass is 400 g/mol. The number of carbonyl (C=O) groups excluding carboxylic acids is 2. The molecule has 0 saturated carbocycles. The number of hydrogen-bond acceptors (Lipinski definition) is 5. The molecule has 0 saturated heterocycles. The Labute approximate surface area is 174 Å². The lowest BCUT2D eigenvalue weighted by molar-refractivity contribution is -0.148. The molecule has 7 heteroatoms. The molecule has 0 aliphatic rings. The fraction of sp³-hybridized carbons (Fsp3) is 0.130. The summed E-state index contributed by atoms with van der Waals surface area (Å²) in [6.07, 6.45) is 5.26. The second kappa shape index (κ2) is 9.85. The summed E-state index contributed by atoms with van der Waals surface area (Å²) >= 11 is 0. The van der Waals surface area contributed by atoms with Gasteiger partial charge in [0.25, 0.3) is 5.91 Å². The van der Waals surface area contributed by atoms with E-state index in [0.29, 0.717) is 17.8 Å². The molecule has 7 nitrogen and oxygen atoms in total. The van der Waals surface area contributed by atoms with Gasteiger partial charge >= 0.3 is 5.97 Å². The molecule has 1 aromatic heterocycles. The van der Waals surface area contributed by atoms with Crippen molar-refractivity contribution in [1.82, 2.24) is 9.78 Å². The lowest BCUT2D eigenvalue weighted by atomic mass is 10.2. The first kappa shape index (κ1) is 20.6. The van der Waals surface area contributed by atoms with Crippen LogP contribution in [0.5, 0.6) is 0 Å². The Morgan fingerprint density at radius 3 is 2.70 bits per heavy atom. The Bertz CT molecular complexity index is 1100. The van der Waals surface area contributed by atoms with Gasteiger partial charge in [0.05, 0.1) is 24.0 Å². The number of nitrogens with zero attached hydrogens (tertiary/aromatic N) is 3. The highest BCUT2D eigenvalue weighted by atomic mass is 16.5. The van der Waals surface area contributed by atoms with Crippen molar-refractivity contribution in [3.8, 4) is 6.07 Å². The van der Waals surface area contributed by atoms with Crippen LogP contribution in [0.4, 0.5) is 5.69 Å². The summed E-state index contributed by atoms with van der Waals surface area (Å²) in [6, 6.07) is 18.5. The molecular formula is C23H20N4O3. The Hall–Kier alpha value is -4.18. The van der Waals surface area contributed by atoms with E-state index in [0.717, 1.165) is 11.1 Å². The number of anilines is 1. The maximum absolute atomic E-state index is 12.2. The van der Waals surface area contributed by atoms with E-state index in [4.69, 9.17) is 10.00 Å². The first-order valence-corrected chi connectivity index (χ1v) is 9.30. The summed E-state index contributed by atoms with van der Waals surface area (Å²) < 4.78 is 6.90. The number of amides is 1. The van der Waals surface area contributed by atoms with Crippen LogP contribution < -0.4 is 5.32 Å². The van der Waals surface area contributed by atoms with Gasteiger partial charge in [-0.1, -0.05) is 42.5 Å². The van der Waals surface area contributed by atoms with Gasteiger partial charge in [-0.2, -0.15) is 10.4 Å². The number of aromatic nitrogens is 2. The quantitative estimate of drug-likeness (QED) is 0.484. The number of benzene rings is 2. The normalized spacial score (nSPS) is 11.6. The van der Waals surface area contributed by atoms with E-state index < -0.39 is 18.0 Å². The largest absolute Gasteiger partial charge is 0.449 e. The Kier molecular flexibility index (Phi) is 6.74. The van der Waals surface area contributed by atoms with Crippen molar-refractivity contribution in [3.05, 3.63) is 89.8 Å². The lowest BCUT2D eigenvalue weighted by Crippen LogP contribution is -2.29. The topological polar surface area (TPSA) is 97.0 Å². The van der Waals surface area contributed by atoms with Crippen LogP contribution in [0.15, 0.2) is 73.1 Å². The average Bonchev–Trinajstić information content (AvgIpc) is 3.20. The van der Waals surface area contributed by atoms with Crippen LogP contribution in [0.1, 0.15) is 23.6 Å². The fourth-order valence-corrected chi connectivity index (χ4v) is 2.68. The van der Waals surface area contributed by atoms with Crippen molar-refractivity contribution in [2.45, 2.75) is 19.6 Å². The number of nitriles is 1. The van der Waals surface area contributed by atoms with Crippen LogP contribution in [-0.4, -0.2) is 27.8 Å². The van der Waals surface area contributed by atoms with Crippen LogP contribution in [0.3, 0.4) is 0 Å². The Morgan fingerprint density at radius 2 is 1.93 bits per heavy atom. The van der Waals surface area contributed by atoms with Crippen molar-refractivity contribution in [2.75, 3.05) is 5.32 Å². The van der Waals surface area contributed by atoms with Gasteiger partial charge in [-0.3, -0.25) is 9.48 Å². The molecule has 30 heavy (non-hydrogen) atoms. The Morgan fingerprint density at radius 1 is 1.20 bits per heavy atom. The molecule has 0 fully saturated rings. The van der Waals surface area contributed by atoms with Gasteiger partial charge in [-0.25, -0.2) is 4.79 Å². The molecule has 1 heterocycles. The zero-order valence-corrected chi connectivity index (χ0v) is 16.4. The van der Waals surface area contributed by atoms with Gasteiger partial charge < -0.3 is 10.1 Å². The maximum atomic E-state index is 12.2. The van der Waals surface area contributed by atoms with Gasteiger partial charge in [0.15, 0.2) is 6.10 Å². The molecule has 0 spiro atoms. The first-order valence-electron chi connectivity index (χ1n) is 9.30. The minimum absolute atomic E-state index is 0.330. The minimum atomic E-state index is -1.02. The standard InChI is InChI=1S/C23H20N4O3/c1-17(23(29)26-21-10-6-5-9-20(21)13-24)30-22(28)12-11-19-14-25-27(16-19)15-18-7-3-2-4-8-18/h2-12,14,16-17H,15H2,1H3,(H,26,29)/b12-11+/t17-/m0/s1. The molecule has 0 aliphatic heterocycles. The molecule has 150 valence electrons. The van der Waals surface area contributed by atoms with Crippen molar-refractivity contribution < 1.29 is 14.3 Å². The van der Waals surface area contributed by atoms with Crippen molar-refractivity contribution in [2.24, 2.45) is 0 Å². The van der Waals surface area contributed by atoms with E-state index in [9.17, 15) is 9.59 Å². The number of nitrogens with one attached hydrogen (secondary N) is 1. The number of para-hydroxylation sites is 1. The third-order valence-corrected chi connectivity index (χ3v) is 4.22. The van der Waals surface area contributed by atoms with Crippen LogP contribution >= 0.6 is 0 Å². The van der Waals surface area contributed by atoms with E-state index in [1.165, 1.54) is 13.0 Å². The van der Waals surface area contributed by atoms with Gasteiger partial charge in [-0.05, 0) is 30.7 Å². The van der Waals surface area contributed by atoms with E-state index in [-0.39, 0.29) is 0 Å². The molecule has 1 N–H and O–H groups in total. The van der Waals surface area contributed by atoms with E-state index >= 15 is 0 Å². The van der Waals surface area contributed by atoms with E-state index in [1.807, 2.05) is 42.6 Å². The number of esters is 1. The number of rotatable bonds is 7. The predicted octanol–water partition coefficient (Wildman–Crippen LogP) is 3.39. The third kappa shape index (κ3) is 5.66. The highest BCUT2D eigenvalue weighted by Gasteiger charge is 2.17. The van der Waals surface area contributed by atoms with Crippen LogP contribution in [0, 0.1) is 11.3 Å². The van der Waals surface area contributed by atoms with E-state index in [2.05, 4.69) is 10.4 Å². The second-order valence-corrected chi connectivity index (χ2v) is 6.52. The first-order chi connectivity index (χ1) is 14.5. The van der Waals surface area contributed by atoms with Crippen molar-refractivity contribution in [1.29, 1.82) is 5.26 Å². The molecule has 2 aromatic carbocycles. The zero-order valence-electron chi connectivity index (χ0n) is 16.4. The van der Waals surface area contributed by atoms with Gasteiger partial charge in [-0.15, -0.1) is 0 Å². The van der Waals surface area contributed by atoms with Crippen molar-refractivity contribution in [3.63, 3.8) is 0 Å². The molecular weight excluding hydrogens is 380 g/mol. The van der Waals surface area contributed by atoms with Crippen LogP contribution in [-0.2, 0) is 20.9 Å². The summed E-state index contributed by atoms with van der Waals surface area (Å²) in [7, 11) is 0. The number of ether oxygens (including phenoxy) is 1. The summed E-state index contributed by atoms with van der Waals surface area (Å²) in [5, 5.41) is 15.9. The highest BCUT2D eigenvalue weighted by Crippen LogP contribution is 2.14. The van der Waals surface area contributed by atoms with Crippen LogP contribution in [0.2, 0.25) is 0 Å². The molecule has 0 aliphatic carbocycles. The van der Waals surface area contributed by atoms with Crippen molar-refractivity contribution >= 4 is 23.6 Å². The summed E-state index contributed by atoms with van der Waals surface area (Å²) in [6.45, 7) is 2.09. The maximum Gasteiger partial charge on any atom is 0.331 e. The second-order valence-electron chi connectivity index (χ2n) is 6.52. The molecule has 0 unspecified atom stereocenters. The highest BCUT2D eigenvalue weighted by molar-refractivity contribution is 5.97. The van der Waals surface area contributed by atoms with Gasteiger partial charge in [0.2, 0.25) is 0 Å². The van der Waals surface area contributed by atoms with Gasteiger partial charge in [0.1, 0.15) is 6.07 Å².